The van der Waals surface area contributed by atoms with Gasteiger partial charge in [-0.25, -0.2) is 4.98 Å². The molecule has 372 valence electrons. The number of β-amino-alcohol motifs (C(OH)–C–C–N with tert-alkyl or cyclic N) is 1. The molecule has 4 amide bonds. The fourth-order valence-electron chi connectivity index (χ4n) is 8.68. The van der Waals surface area contributed by atoms with Crippen molar-refractivity contribution in [2.24, 2.45) is 10.4 Å². The van der Waals surface area contributed by atoms with Gasteiger partial charge in [-0.1, -0.05) is 80.9 Å². The van der Waals surface area contributed by atoms with E-state index in [2.05, 4.69) is 45.0 Å². The Bertz CT molecular complexity index is 2940. The average Bonchev–Trinajstić information content (AvgIpc) is 4.11. The maximum atomic E-state index is 14.2. The molecule has 1 saturated heterocycles. The van der Waals surface area contributed by atoms with Crippen LogP contribution in [0.2, 0.25) is 5.02 Å². The first-order chi connectivity index (χ1) is 34.0. The van der Waals surface area contributed by atoms with Crippen LogP contribution in [0, 0.1) is 33.1 Å². The number of likely N-dealkylation sites (tertiary alicyclic amines) is 1. The number of aliphatic imine (C=N–C) groups is 1. The molecule has 0 saturated carbocycles. The van der Waals surface area contributed by atoms with Crippen LogP contribution in [0.25, 0.3) is 15.4 Å². The molecule has 71 heavy (non-hydrogen) atoms. The Morgan fingerprint density at radius 2 is 1.61 bits per heavy atom. The lowest BCUT2D eigenvalue weighted by Gasteiger charge is -2.35. The van der Waals surface area contributed by atoms with Crippen molar-refractivity contribution in [3.05, 3.63) is 128 Å². The van der Waals surface area contributed by atoms with E-state index in [1.807, 2.05) is 93.2 Å². The molecule has 6 aromatic rings. The van der Waals surface area contributed by atoms with E-state index >= 15 is 0 Å². The number of fused-ring (bicyclic) bond motifs is 3. The molecule has 3 aromatic carbocycles. The van der Waals surface area contributed by atoms with Crippen LogP contribution in [-0.2, 0) is 25.7 Å². The molecule has 3 aromatic heterocycles. The Balaban J connectivity index is 0.829. The van der Waals surface area contributed by atoms with E-state index < -0.39 is 54.0 Å². The summed E-state index contributed by atoms with van der Waals surface area (Å²) in [6, 6.07) is 19.8. The van der Waals surface area contributed by atoms with Crippen LogP contribution in [0.5, 0.6) is 11.5 Å². The lowest BCUT2D eigenvalue weighted by molar-refractivity contribution is -0.144. The number of benzene rings is 3. The summed E-state index contributed by atoms with van der Waals surface area (Å²) in [6.45, 7) is 13.8. The van der Waals surface area contributed by atoms with Gasteiger partial charge in [-0.05, 0) is 80.5 Å². The molecule has 4 atom stereocenters. The first-order valence-electron chi connectivity index (χ1n) is 23.5. The first kappa shape index (κ1) is 50.9. The minimum atomic E-state index is -1.03. The van der Waals surface area contributed by atoms with Gasteiger partial charge in [-0.3, -0.25) is 28.7 Å². The zero-order valence-electron chi connectivity index (χ0n) is 40.7. The monoisotopic (exact) mass is 1020 g/mol. The van der Waals surface area contributed by atoms with E-state index in [4.69, 9.17) is 26.1 Å². The number of carbonyl (C=O) groups excluding carboxylic acids is 4. The van der Waals surface area contributed by atoms with E-state index in [1.165, 1.54) is 4.90 Å². The van der Waals surface area contributed by atoms with E-state index in [9.17, 15) is 24.3 Å². The van der Waals surface area contributed by atoms with Gasteiger partial charge in [-0.15, -0.1) is 32.9 Å². The molecular formula is C52H58ClN9O7S2. The second-order valence-corrected chi connectivity index (χ2v) is 21.3. The number of thiazole rings is 1. The zero-order valence-corrected chi connectivity index (χ0v) is 43.1. The number of hydrogen-bond acceptors (Lipinski definition) is 13. The number of aliphatic hydroxyl groups is 1. The number of hydrogen-bond donors (Lipinski definition) is 4. The molecule has 0 aliphatic carbocycles. The summed E-state index contributed by atoms with van der Waals surface area (Å²) in [5.41, 5.74) is 7.67. The molecule has 8 rings (SSSR count). The maximum Gasteiger partial charge on any atom is 0.258 e. The van der Waals surface area contributed by atoms with E-state index in [0.717, 1.165) is 54.0 Å². The van der Waals surface area contributed by atoms with Gasteiger partial charge >= 0.3 is 0 Å². The predicted octanol–water partition coefficient (Wildman–Crippen LogP) is 7.39. The SMILES string of the molecule is Cc1ncsc1-c1ccc(CNC(=O)[C@@H]2CC(O)CN2C(=O)[C@@H](NC(=O)COc2ccccc2OCCCNC(=O)CC2N=C(c3ccc(Cl)cc3)c3c(sc(C)c3C)-n3c(C)nnc32)C(C)(C)C)cc1. The van der Waals surface area contributed by atoms with Gasteiger partial charge in [0.15, 0.2) is 23.9 Å². The zero-order chi connectivity index (χ0) is 50.6. The minimum Gasteiger partial charge on any atom is -0.490 e. The van der Waals surface area contributed by atoms with Crippen molar-refractivity contribution in [2.75, 3.05) is 26.3 Å². The Hall–Kier alpha value is -6.47. The van der Waals surface area contributed by atoms with Gasteiger partial charge in [0.05, 0.1) is 40.9 Å². The summed E-state index contributed by atoms with van der Waals surface area (Å²) in [5.74, 6) is 0.386. The number of rotatable bonds is 17. The summed E-state index contributed by atoms with van der Waals surface area (Å²) in [4.78, 5) is 67.9. The van der Waals surface area contributed by atoms with Crippen molar-refractivity contribution in [2.45, 2.75) is 98.5 Å². The highest BCUT2D eigenvalue weighted by molar-refractivity contribution is 7.15. The highest BCUT2D eigenvalue weighted by Gasteiger charge is 2.44. The van der Waals surface area contributed by atoms with Gasteiger partial charge < -0.3 is 35.4 Å². The fraction of sp³-hybridized carbons (Fsp3) is 0.385. The van der Waals surface area contributed by atoms with Gasteiger partial charge in [0.25, 0.3) is 5.91 Å². The smallest absolute Gasteiger partial charge is 0.258 e. The third kappa shape index (κ3) is 11.7. The van der Waals surface area contributed by atoms with E-state index in [-0.39, 0.29) is 38.4 Å². The number of aromatic nitrogens is 4. The van der Waals surface area contributed by atoms with Crippen LogP contribution in [-0.4, -0.2) is 104 Å². The molecule has 0 bridgehead atoms. The third-order valence-electron chi connectivity index (χ3n) is 12.6. The number of nitrogens with zero attached hydrogens (tertiary/aromatic N) is 6. The second-order valence-electron chi connectivity index (χ2n) is 18.8. The normalized spacial score (nSPS) is 16.8. The van der Waals surface area contributed by atoms with Crippen molar-refractivity contribution < 1.29 is 33.8 Å². The Morgan fingerprint density at radius 1 is 0.901 bits per heavy atom. The largest absolute Gasteiger partial charge is 0.490 e. The summed E-state index contributed by atoms with van der Waals surface area (Å²) in [7, 11) is 0. The Morgan fingerprint density at radius 3 is 2.30 bits per heavy atom. The quantitative estimate of drug-likeness (QED) is 0.0668. The van der Waals surface area contributed by atoms with Crippen molar-refractivity contribution in [1.29, 1.82) is 0 Å². The van der Waals surface area contributed by atoms with Crippen LogP contribution in [0.3, 0.4) is 0 Å². The summed E-state index contributed by atoms with van der Waals surface area (Å²) in [6.07, 6.45) is -0.320. The number of ether oxygens (including phenoxy) is 2. The Kier molecular flexibility index (Phi) is 15.7. The lowest BCUT2D eigenvalue weighted by Crippen LogP contribution is -2.58. The average molecular weight is 1020 g/mol. The molecule has 16 nitrogen and oxygen atoms in total. The molecule has 2 unspecified atom stereocenters. The van der Waals surface area contributed by atoms with Crippen molar-refractivity contribution >= 4 is 63.6 Å². The van der Waals surface area contributed by atoms with Crippen LogP contribution >= 0.6 is 34.3 Å². The molecule has 0 radical (unpaired) electrons. The fourth-order valence-corrected chi connectivity index (χ4v) is 10.8. The van der Waals surface area contributed by atoms with Gasteiger partial charge in [-0.2, -0.15) is 0 Å². The number of thiophene rings is 1. The highest BCUT2D eigenvalue weighted by Crippen LogP contribution is 2.40. The molecule has 1 fully saturated rings. The number of amides is 4. The molecule has 4 N–H and O–H groups in total. The second kappa shape index (κ2) is 21.9. The van der Waals surface area contributed by atoms with Crippen molar-refractivity contribution in [1.82, 2.24) is 40.6 Å². The number of halogens is 1. The third-order valence-corrected chi connectivity index (χ3v) is 15.0. The van der Waals surface area contributed by atoms with Gasteiger partial charge in [0.1, 0.15) is 29.0 Å². The summed E-state index contributed by atoms with van der Waals surface area (Å²) in [5, 5.41) is 29.9. The first-order valence-corrected chi connectivity index (χ1v) is 25.6. The Labute approximate surface area is 425 Å². The van der Waals surface area contributed by atoms with Gasteiger partial charge in [0, 0.05) is 47.1 Å². The topological polar surface area (TPSA) is 202 Å². The number of nitrogens with one attached hydrogen (secondary N) is 3. The number of aryl methyl sites for hydroxylation is 3. The molecule has 0 spiro atoms. The predicted molar refractivity (Wildman–Crippen MR) is 275 cm³/mol. The van der Waals surface area contributed by atoms with Crippen LogP contribution < -0.4 is 25.4 Å². The number of aliphatic hydroxyl groups excluding tert-OH is 1. The van der Waals surface area contributed by atoms with Crippen molar-refractivity contribution in [3.8, 4) is 26.9 Å². The highest BCUT2D eigenvalue weighted by atomic mass is 35.5. The van der Waals surface area contributed by atoms with Crippen LogP contribution in [0.15, 0.2) is 83.3 Å². The van der Waals surface area contributed by atoms with Crippen molar-refractivity contribution in [3.63, 3.8) is 0 Å². The number of carbonyl (C=O) groups is 4. The molecule has 19 heteroatoms. The molecule has 5 heterocycles. The molecule has 2 aliphatic heterocycles. The lowest BCUT2D eigenvalue weighted by atomic mass is 9.85. The number of para-hydroxylation sites is 2. The van der Waals surface area contributed by atoms with Crippen LogP contribution in [0.1, 0.15) is 90.5 Å². The van der Waals surface area contributed by atoms with E-state index in [1.54, 1.807) is 46.9 Å². The summed E-state index contributed by atoms with van der Waals surface area (Å²) >= 11 is 9.47. The van der Waals surface area contributed by atoms with E-state index in [0.29, 0.717) is 41.1 Å². The maximum absolute atomic E-state index is 14.2. The van der Waals surface area contributed by atoms with Gasteiger partial charge in [0.2, 0.25) is 17.7 Å². The standard InChI is InChI=1S/C52H58ClN9O7S2/c1-29-31(3)71-51-44(29)45(34-17-19-36(53)20-18-34)57-38(48-60-59-32(4)62(48)51)24-42(64)54-21-10-22-68-40-11-8-9-12-41(40)69-27-43(65)58-47(52(5,6)7)50(67)61-26-37(63)23-39(61)49(66)55-25-33-13-15-35(16-14-33)46-30(2)56-28-70-46/h8-9,11-20,28,37-39,47,63H,10,21-27H2,1-7H3,(H,54,64)(H,55,66)(H,58,65)/t37?,38?,39-,47+/m0/s1. The molecular weight excluding hydrogens is 962 g/mol. The molecule has 2 aliphatic rings. The minimum absolute atomic E-state index is 0.0459. The van der Waals surface area contributed by atoms with Crippen LogP contribution in [0.4, 0.5) is 0 Å². The summed E-state index contributed by atoms with van der Waals surface area (Å²) < 4.78 is 14.0.